The first-order chi connectivity index (χ1) is 24.7. The van der Waals surface area contributed by atoms with Gasteiger partial charge in [-0.3, -0.25) is 4.98 Å². The fourth-order valence-electron chi connectivity index (χ4n) is 6.62. The number of ether oxygens (including phenoxy) is 3. The molecular formula is C39H54N6O6S. The Morgan fingerprint density at radius 2 is 1.85 bits per heavy atom. The molecule has 4 aromatic rings. The van der Waals surface area contributed by atoms with Crippen LogP contribution in [-0.2, 0) is 38.4 Å². The summed E-state index contributed by atoms with van der Waals surface area (Å²) in [5.74, 6) is -0.578. The van der Waals surface area contributed by atoms with Crippen molar-refractivity contribution in [3.8, 4) is 22.5 Å². The van der Waals surface area contributed by atoms with Gasteiger partial charge < -0.3 is 39.4 Å². The van der Waals surface area contributed by atoms with Gasteiger partial charge in [0.25, 0.3) is 0 Å². The van der Waals surface area contributed by atoms with Crippen LogP contribution in [-0.4, -0.2) is 90.4 Å². The number of anilines is 1. The number of thiazole rings is 1. The third-order valence-corrected chi connectivity index (χ3v) is 10.2. The molecule has 1 aliphatic rings. The Bertz CT molecular complexity index is 1870. The Labute approximate surface area is 310 Å². The number of fused-ring (bicyclic) bond motifs is 1. The molecule has 12 nitrogen and oxygen atoms in total. The predicted molar refractivity (Wildman–Crippen MR) is 206 cm³/mol. The molecule has 0 aliphatic carbocycles. The van der Waals surface area contributed by atoms with Gasteiger partial charge >= 0.3 is 12.1 Å². The third-order valence-electron chi connectivity index (χ3n) is 9.35. The molecule has 0 unspecified atom stereocenters. The van der Waals surface area contributed by atoms with E-state index in [2.05, 4.69) is 65.1 Å². The molecule has 5 rings (SSSR count). The molecule has 1 fully saturated rings. The molecule has 4 heterocycles. The fourth-order valence-corrected chi connectivity index (χ4v) is 7.47. The maximum atomic E-state index is 12.6. The Morgan fingerprint density at radius 1 is 1.12 bits per heavy atom. The number of alkyl carbamates (subject to hydrolysis) is 1. The minimum atomic E-state index is -0.955. The molecule has 52 heavy (non-hydrogen) atoms. The number of hydrogen-bond donors (Lipinski definition) is 3. The Morgan fingerprint density at radius 3 is 2.48 bits per heavy atom. The van der Waals surface area contributed by atoms with Gasteiger partial charge in [0.2, 0.25) is 0 Å². The topological polar surface area (TPSA) is 140 Å². The van der Waals surface area contributed by atoms with E-state index >= 15 is 0 Å². The largest absolute Gasteiger partial charge is 0.467 e. The third kappa shape index (κ3) is 8.94. The van der Waals surface area contributed by atoms with Crippen LogP contribution in [0.5, 0.6) is 0 Å². The fraction of sp³-hybridized carbons (Fsp3) is 0.538. The molecule has 2 atom stereocenters. The maximum Gasteiger partial charge on any atom is 0.408 e. The summed E-state index contributed by atoms with van der Waals surface area (Å²) in [6, 6.07) is 7.69. The molecule has 0 spiro atoms. The zero-order valence-electron chi connectivity index (χ0n) is 32.0. The predicted octanol–water partition coefficient (Wildman–Crippen LogP) is 6.13. The molecule has 1 saturated heterocycles. The highest BCUT2D eigenvalue weighted by molar-refractivity contribution is 7.10. The quantitative estimate of drug-likeness (QED) is 0.137. The van der Waals surface area contributed by atoms with Gasteiger partial charge in [-0.05, 0) is 70.2 Å². The van der Waals surface area contributed by atoms with E-state index in [9.17, 15) is 14.7 Å². The van der Waals surface area contributed by atoms with Crippen LogP contribution in [0.2, 0.25) is 0 Å². The van der Waals surface area contributed by atoms with E-state index in [0.717, 1.165) is 83.1 Å². The van der Waals surface area contributed by atoms with Crippen LogP contribution in [0.4, 0.5) is 10.5 Å². The van der Waals surface area contributed by atoms with Crippen molar-refractivity contribution in [1.29, 1.82) is 0 Å². The van der Waals surface area contributed by atoms with Crippen LogP contribution >= 0.6 is 11.3 Å². The molecule has 3 N–H and O–H groups in total. The van der Waals surface area contributed by atoms with Crippen LogP contribution < -0.4 is 15.5 Å². The maximum absolute atomic E-state index is 12.6. The van der Waals surface area contributed by atoms with Gasteiger partial charge in [-0.2, -0.15) is 0 Å². The Kier molecular flexibility index (Phi) is 12.3. The van der Waals surface area contributed by atoms with Crippen molar-refractivity contribution in [2.24, 2.45) is 5.41 Å². The van der Waals surface area contributed by atoms with Gasteiger partial charge in [-0.15, -0.1) is 11.3 Å². The Balaban J connectivity index is 1.61. The van der Waals surface area contributed by atoms with Crippen LogP contribution in [0, 0.1) is 5.41 Å². The van der Waals surface area contributed by atoms with Gasteiger partial charge in [0.1, 0.15) is 11.6 Å². The summed E-state index contributed by atoms with van der Waals surface area (Å²) in [5, 5.41) is 20.3. The number of benzene rings is 1. The lowest BCUT2D eigenvalue weighted by molar-refractivity contribution is -0.143. The molecule has 1 amide bonds. The van der Waals surface area contributed by atoms with E-state index in [0.29, 0.717) is 11.4 Å². The van der Waals surface area contributed by atoms with Crippen molar-refractivity contribution in [3.63, 3.8) is 0 Å². The van der Waals surface area contributed by atoms with E-state index in [1.807, 2.05) is 18.5 Å². The number of amides is 1. The van der Waals surface area contributed by atoms with Crippen molar-refractivity contribution in [2.75, 3.05) is 51.9 Å². The second-order valence-electron chi connectivity index (χ2n) is 15.1. The van der Waals surface area contributed by atoms with Crippen LogP contribution in [0.3, 0.4) is 0 Å². The minimum absolute atomic E-state index is 0.0272. The highest BCUT2D eigenvalue weighted by atomic mass is 32.1. The summed E-state index contributed by atoms with van der Waals surface area (Å²) in [4.78, 5) is 37.5. The van der Waals surface area contributed by atoms with Gasteiger partial charge in [-0.1, -0.05) is 19.9 Å². The zero-order valence-corrected chi connectivity index (χ0v) is 32.8. The number of hydrogen-bond acceptors (Lipinski definition) is 11. The van der Waals surface area contributed by atoms with E-state index in [1.54, 1.807) is 27.9 Å². The lowest BCUT2D eigenvalue weighted by Gasteiger charge is -2.30. The van der Waals surface area contributed by atoms with E-state index < -0.39 is 29.1 Å². The summed E-state index contributed by atoms with van der Waals surface area (Å²) < 4.78 is 18.6. The number of carbonyl (C=O) groups is 2. The van der Waals surface area contributed by atoms with E-state index in [1.165, 1.54) is 18.4 Å². The standard InChI is InChI=1S/C39H54N6O6S/c1-10-45-32-12-11-25(31-22-52-33(42-31)19-30(36(47)50-9)43-37(48)51-38(3,4)5)17-27(32)29(20-39(6,7)23-46)35(45)28-18-26(44-15-13-40-14-16-44)21-41-34(28)24(2)49-8/h11-12,17-18,21-22,24,30,40,46H,10,13-16,19-20,23H2,1-9H3,(H,43,48)/t24-,30-/m0/s1. The van der Waals surface area contributed by atoms with Gasteiger partial charge in [-0.25, -0.2) is 14.6 Å². The van der Waals surface area contributed by atoms with E-state index in [-0.39, 0.29) is 19.1 Å². The smallest absolute Gasteiger partial charge is 0.408 e. The summed E-state index contributed by atoms with van der Waals surface area (Å²) in [5.41, 5.74) is 6.82. The number of esters is 1. The first kappa shape index (κ1) is 39.2. The number of carbonyl (C=O) groups excluding carboxylic acids is 2. The number of nitrogens with zero attached hydrogens (tertiary/aromatic N) is 4. The molecule has 0 bridgehead atoms. The molecular weight excluding hydrogens is 681 g/mol. The van der Waals surface area contributed by atoms with Gasteiger partial charge in [0, 0.05) is 80.3 Å². The molecule has 282 valence electrons. The average molecular weight is 735 g/mol. The van der Waals surface area contributed by atoms with Crippen LogP contribution in [0.15, 0.2) is 35.8 Å². The number of pyridine rings is 1. The van der Waals surface area contributed by atoms with Crippen molar-refractivity contribution in [2.45, 2.75) is 85.6 Å². The SMILES string of the molecule is CCn1c(-c2cc(N3CCNCC3)cnc2[C@H](C)OC)c(CC(C)(C)CO)c2cc(-c3csc(C[C@H](NC(=O)OC(C)(C)C)C(=O)OC)n3)ccc21. The molecule has 13 heteroatoms. The van der Waals surface area contributed by atoms with Gasteiger partial charge in [0.05, 0.1) is 47.2 Å². The monoisotopic (exact) mass is 734 g/mol. The lowest BCUT2D eigenvalue weighted by Crippen LogP contribution is -2.45. The summed E-state index contributed by atoms with van der Waals surface area (Å²) >= 11 is 1.42. The minimum Gasteiger partial charge on any atom is -0.467 e. The zero-order chi connectivity index (χ0) is 37.8. The van der Waals surface area contributed by atoms with Crippen molar-refractivity contribution >= 4 is 40.0 Å². The van der Waals surface area contributed by atoms with Gasteiger partial charge in [0.15, 0.2) is 0 Å². The normalized spacial score (nSPS) is 15.1. The number of rotatable bonds is 13. The number of aromatic nitrogens is 3. The molecule has 1 aromatic carbocycles. The first-order valence-electron chi connectivity index (χ1n) is 18.0. The van der Waals surface area contributed by atoms with Crippen LogP contribution in [0.1, 0.15) is 70.8 Å². The number of aliphatic hydroxyl groups is 1. The number of aliphatic hydroxyl groups excluding tert-OH is 1. The summed E-state index contributed by atoms with van der Waals surface area (Å²) in [6.07, 6.45) is 1.81. The van der Waals surface area contributed by atoms with E-state index in [4.69, 9.17) is 24.2 Å². The van der Waals surface area contributed by atoms with Crippen molar-refractivity contribution < 1.29 is 28.9 Å². The first-order valence-corrected chi connectivity index (χ1v) is 18.8. The highest BCUT2D eigenvalue weighted by Gasteiger charge is 2.30. The lowest BCUT2D eigenvalue weighted by atomic mass is 9.84. The average Bonchev–Trinajstić information content (AvgIpc) is 3.71. The molecule has 0 radical (unpaired) electrons. The van der Waals surface area contributed by atoms with Crippen LogP contribution in [0.25, 0.3) is 33.4 Å². The Hall–Kier alpha value is -4.04. The second-order valence-corrected chi connectivity index (χ2v) is 16.0. The highest BCUT2D eigenvalue weighted by Crippen LogP contribution is 2.42. The molecule has 0 saturated carbocycles. The number of nitrogens with one attached hydrogen (secondary N) is 2. The number of aryl methyl sites for hydroxylation is 1. The second kappa shape index (κ2) is 16.3. The number of methoxy groups -OCH3 is 2. The summed E-state index contributed by atoms with van der Waals surface area (Å²) in [7, 11) is 3.00. The molecule has 3 aromatic heterocycles. The number of piperazine rings is 1. The molecule has 1 aliphatic heterocycles. The van der Waals surface area contributed by atoms with Crippen molar-refractivity contribution in [1.82, 2.24) is 25.2 Å². The summed E-state index contributed by atoms with van der Waals surface area (Å²) in [6.45, 7) is 18.0. The van der Waals surface area contributed by atoms with Crippen molar-refractivity contribution in [3.05, 3.63) is 52.1 Å².